The maximum absolute atomic E-state index is 8.69. The maximum Gasteiger partial charge on any atom is 0.129 e. The first kappa shape index (κ1) is 12.9. The Morgan fingerprint density at radius 2 is 2.06 bits per heavy atom. The quantitative estimate of drug-likeness (QED) is 0.696. The minimum atomic E-state index is 0.206. The van der Waals surface area contributed by atoms with Crippen LogP contribution in [-0.2, 0) is 0 Å². The third kappa shape index (κ3) is 3.77. The smallest absolute Gasteiger partial charge is 0.129 e. The molecule has 0 saturated heterocycles. The third-order valence-electron chi connectivity index (χ3n) is 2.73. The van der Waals surface area contributed by atoms with Crippen LogP contribution in [0, 0.1) is 0 Å². The van der Waals surface area contributed by atoms with Crippen LogP contribution in [0.15, 0.2) is 12.4 Å². The Labute approximate surface area is 97.1 Å². The Morgan fingerprint density at radius 1 is 1.31 bits per heavy atom. The number of aromatic nitrogens is 2. The van der Waals surface area contributed by atoms with Gasteiger partial charge in [-0.2, -0.15) is 0 Å². The van der Waals surface area contributed by atoms with E-state index in [2.05, 4.69) is 29.1 Å². The lowest BCUT2D eigenvalue weighted by Gasteiger charge is -2.12. The molecule has 0 bridgehead atoms. The molecule has 0 atom stereocenters. The predicted octanol–water partition coefficient (Wildman–Crippen LogP) is 2.17. The first-order valence-corrected chi connectivity index (χ1v) is 5.98. The van der Waals surface area contributed by atoms with Crippen LogP contribution in [0.3, 0.4) is 0 Å². The van der Waals surface area contributed by atoms with Crippen LogP contribution in [-0.4, -0.2) is 28.2 Å². The molecule has 2 N–H and O–H groups in total. The van der Waals surface area contributed by atoms with E-state index in [4.69, 9.17) is 5.11 Å². The van der Waals surface area contributed by atoms with Gasteiger partial charge in [-0.25, -0.2) is 9.97 Å². The van der Waals surface area contributed by atoms with Gasteiger partial charge in [0.1, 0.15) is 12.1 Å². The van der Waals surface area contributed by atoms with Gasteiger partial charge in [-0.05, 0) is 19.3 Å². The second-order valence-electron chi connectivity index (χ2n) is 3.85. The zero-order chi connectivity index (χ0) is 11.8. The second-order valence-corrected chi connectivity index (χ2v) is 3.85. The van der Waals surface area contributed by atoms with Crippen molar-refractivity contribution < 1.29 is 5.11 Å². The lowest BCUT2D eigenvalue weighted by molar-refractivity contribution is 0.292. The van der Waals surface area contributed by atoms with Crippen molar-refractivity contribution >= 4 is 5.82 Å². The Morgan fingerprint density at radius 3 is 2.69 bits per heavy atom. The molecule has 0 aliphatic rings. The summed E-state index contributed by atoms with van der Waals surface area (Å²) in [6.07, 6.45) is 4.55. The van der Waals surface area contributed by atoms with Gasteiger partial charge in [-0.1, -0.05) is 13.8 Å². The molecule has 1 heterocycles. The van der Waals surface area contributed by atoms with Crippen LogP contribution >= 0.6 is 0 Å². The molecule has 4 heteroatoms. The Bertz CT molecular complexity index is 300. The van der Waals surface area contributed by atoms with E-state index in [0.717, 1.165) is 37.3 Å². The number of nitrogens with one attached hydrogen (secondary N) is 1. The Hall–Kier alpha value is -1.16. The summed E-state index contributed by atoms with van der Waals surface area (Å²) < 4.78 is 0. The topological polar surface area (TPSA) is 58.0 Å². The van der Waals surface area contributed by atoms with E-state index in [1.807, 2.05) is 6.07 Å². The van der Waals surface area contributed by atoms with E-state index in [9.17, 15) is 0 Å². The molecule has 1 aromatic heterocycles. The lowest BCUT2D eigenvalue weighted by Crippen LogP contribution is -2.07. The summed E-state index contributed by atoms with van der Waals surface area (Å²) in [7, 11) is 0. The van der Waals surface area contributed by atoms with Crippen molar-refractivity contribution in [3.05, 3.63) is 18.1 Å². The number of aliphatic hydroxyl groups excluding tert-OH is 1. The van der Waals surface area contributed by atoms with Crippen LogP contribution < -0.4 is 5.32 Å². The van der Waals surface area contributed by atoms with Crippen molar-refractivity contribution in [1.29, 1.82) is 0 Å². The van der Waals surface area contributed by atoms with Crippen molar-refractivity contribution in [2.45, 2.75) is 39.0 Å². The van der Waals surface area contributed by atoms with Gasteiger partial charge in [-0.15, -0.1) is 0 Å². The van der Waals surface area contributed by atoms with Crippen molar-refractivity contribution in [3.63, 3.8) is 0 Å². The number of rotatable bonds is 7. The first-order valence-electron chi connectivity index (χ1n) is 5.98. The molecule has 0 aliphatic heterocycles. The third-order valence-corrected chi connectivity index (χ3v) is 2.73. The van der Waals surface area contributed by atoms with Crippen molar-refractivity contribution in [2.24, 2.45) is 0 Å². The molecular weight excluding hydrogens is 202 g/mol. The Kier molecular flexibility index (Phi) is 5.78. The molecule has 0 spiro atoms. The molecule has 0 radical (unpaired) electrons. The van der Waals surface area contributed by atoms with Gasteiger partial charge in [0.25, 0.3) is 0 Å². The highest BCUT2D eigenvalue weighted by atomic mass is 16.3. The normalized spacial score (nSPS) is 10.8. The van der Waals surface area contributed by atoms with E-state index in [0.29, 0.717) is 5.92 Å². The van der Waals surface area contributed by atoms with Gasteiger partial charge in [0.05, 0.1) is 0 Å². The SMILES string of the molecule is CCC(CC)c1cc(NCCCO)ncn1. The standard InChI is InChI=1S/C12H21N3O/c1-3-10(4-2)11-8-12(15-9-14-11)13-6-5-7-16/h8-10,16H,3-7H2,1-2H3,(H,13,14,15). The van der Waals surface area contributed by atoms with Gasteiger partial charge >= 0.3 is 0 Å². The average Bonchev–Trinajstić information content (AvgIpc) is 2.32. The highest BCUT2D eigenvalue weighted by Crippen LogP contribution is 2.21. The van der Waals surface area contributed by atoms with Crippen molar-refractivity contribution in [3.8, 4) is 0 Å². The van der Waals surface area contributed by atoms with Gasteiger partial charge in [0, 0.05) is 30.8 Å². The first-order chi connectivity index (χ1) is 7.81. The van der Waals surface area contributed by atoms with E-state index in [-0.39, 0.29) is 6.61 Å². The van der Waals surface area contributed by atoms with E-state index >= 15 is 0 Å². The summed E-state index contributed by atoms with van der Waals surface area (Å²) in [4.78, 5) is 8.47. The fourth-order valence-corrected chi connectivity index (χ4v) is 1.69. The monoisotopic (exact) mass is 223 g/mol. The number of hydrogen-bond acceptors (Lipinski definition) is 4. The van der Waals surface area contributed by atoms with Crippen LogP contribution in [0.5, 0.6) is 0 Å². The molecule has 0 unspecified atom stereocenters. The molecule has 1 rings (SSSR count). The molecule has 0 amide bonds. The number of anilines is 1. The van der Waals surface area contributed by atoms with Crippen LogP contribution in [0.2, 0.25) is 0 Å². The molecule has 16 heavy (non-hydrogen) atoms. The van der Waals surface area contributed by atoms with Gasteiger partial charge in [0.15, 0.2) is 0 Å². The summed E-state index contributed by atoms with van der Waals surface area (Å²) >= 11 is 0. The van der Waals surface area contributed by atoms with Crippen molar-refractivity contribution in [1.82, 2.24) is 9.97 Å². The predicted molar refractivity (Wildman–Crippen MR) is 65.5 cm³/mol. The highest BCUT2D eigenvalue weighted by molar-refractivity contribution is 5.35. The average molecular weight is 223 g/mol. The fraction of sp³-hybridized carbons (Fsp3) is 0.667. The molecule has 90 valence electrons. The molecule has 1 aromatic rings. The van der Waals surface area contributed by atoms with E-state index in [1.165, 1.54) is 0 Å². The summed E-state index contributed by atoms with van der Waals surface area (Å²) in [5.74, 6) is 1.37. The zero-order valence-corrected chi connectivity index (χ0v) is 10.1. The van der Waals surface area contributed by atoms with Crippen LogP contribution in [0.1, 0.15) is 44.7 Å². The lowest BCUT2D eigenvalue weighted by atomic mass is 9.99. The second kappa shape index (κ2) is 7.17. The molecule has 0 aliphatic carbocycles. The Balaban J connectivity index is 2.62. The van der Waals surface area contributed by atoms with Gasteiger partial charge in [-0.3, -0.25) is 0 Å². The molecule has 4 nitrogen and oxygen atoms in total. The molecule has 0 aromatic carbocycles. The largest absolute Gasteiger partial charge is 0.396 e. The number of hydrogen-bond donors (Lipinski definition) is 2. The molecular formula is C12H21N3O. The van der Waals surface area contributed by atoms with Gasteiger partial charge < -0.3 is 10.4 Å². The molecule has 0 saturated carbocycles. The summed E-state index contributed by atoms with van der Waals surface area (Å²) in [5.41, 5.74) is 1.10. The van der Waals surface area contributed by atoms with Crippen LogP contribution in [0.25, 0.3) is 0 Å². The molecule has 0 fully saturated rings. The van der Waals surface area contributed by atoms with Crippen molar-refractivity contribution in [2.75, 3.05) is 18.5 Å². The summed E-state index contributed by atoms with van der Waals surface area (Å²) in [6.45, 7) is 5.30. The van der Waals surface area contributed by atoms with Crippen LogP contribution in [0.4, 0.5) is 5.82 Å². The highest BCUT2D eigenvalue weighted by Gasteiger charge is 2.09. The van der Waals surface area contributed by atoms with Gasteiger partial charge in [0.2, 0.25) is 0 Å². The summed E-state index contributed by atoms with van der Waals surface area (Å²) in [5, 5.41) is 11.9. The summed E-state index contributed by atoms with van der Waals surface area (Å²) in [6, 6.07) is 2.01. The van der Waals surface area contributed by atoms with E-state index in [1.54, 1.807) is 6.33 Å². The zero-order valence-electron chi connectivity index (χ0n) is 10.1. The van der Waals surface area contributed by atoms with E-state index < -0.39 is 0 Å². The maximum atomic E-state index is 8.69. The number of aliphatic hydroxyl groups is 1. The number of nitrogens with zero attached hydrogens (tertiary/aromatic N) is 2. The fourth-order valence-electron chi connectivity index (χ4n) is 1.69. The minimum Gasteiger partial charge on any atom is -0.396 e. The minimum absolute atomic E-state index is 0.206.